The molecule has 28 heavy (non-hydrogen) atoms. The molecule has 1 aromatic heterocycles. The van der Waals surface area contributed by atoms with Crippen LogP contribution in [0.25, 0.3) is 11.3 Å². The summed E-state index contributed by atoms with van der Waals surface area (Å²) in [5.41, 5.74) is 1.92. The van der Waals surface area contributed by atoms with E-state index in [2.05, 4.69) is 20.8 Å². The van der Waals surface area contributed by atoms with Gasteiger partial charge in [0.05, 0.1) is 10.6 Å². The Hall–Kier alpha value is -1.45. The summed E-state index contributed by atoms with van der Waals surface area (Å²) in [7, 11) is -3.48. The van der Waals surface area contributed by atoms with E-state index in [1.807, 2.05) is 35.7 Å². The lowest BCUT2D eigenvalue weighted by Crippen LogP contribution is -2.48. The van der Waals surface area contributed by atoms with Crippen LogP contribution in [0.5, 0.6) is 0 Å². The van der Waals surface area contributed by atoms with Crippen LogP contribution in [-0.4, -0.2) is 43.9 Å². The molecule has 0 N–H and O–H groups in total. The van der Waals surface area contributed by atoms with Crippen LogP contribution in [0.3, 0.4) is 0 Å². The van der Waals surface area contributed by atoms with Crippen LogP contribution in [0.2, 0.25) is 5.02 Å². The van der Waals surface area contributed by atoms with Crippen molar-refractivity contribution in [3.8, 4) is 11.3 Å². The van der Waals surface area contributed by atoms with Gasteiger partial charge in [-0.25, -0.2) is 13.4 Å². The molecular weight excluding hydrogens is 482 g/mol. The number of aromatic nitrogens is 1. The molecule has 0 aliphatic carbocycles. The van der Waals surface area contributed by atoms with E-state index in [0.717, 1.165) is 20.9 Å². The molecule has 1 saturated heterocycles. The van der Waals surface area contributed by atoms with Gasteiger partial charge >= 0.3 is 0 Å². The third-order valence-electron chi connectivity index (χ3n) is 4.58. The highest BCUT2D eigenvalue weighted by Gasteiger charge is 2.29. The normalized spacial score (nSPS) is 15.7. The van der Waals surface area contributed by atoms with Gasteiger partial charge in [-0.15, -0.1) is 11.3 Å². The zero-order chi connectivity index (χ0) is 19.7. The second-order valence-electron chi connectivity index (χ2n) is 6.37. The third kappa shape index (κ3) is 4.11. The summed E-state index contributed by atoms with van der Waals surface area (Å²) in [4.78, 5) is 7.17. The number of nitrogens with zero attached hydrogens (tertiary/aromatic N) is 3. The summed E-state index contributed by atoms with van der Waals surface area (Å²) in [5.74, 6) is 0. The molecule has 0 unspecified atom stereocenters. The number of anilines is 1. The smallest absolute Gasteiger partial charge is 0.243 e. The largest absolute Gasteiger partial charge is 0.345 e. The first kappa shape index (κ1) is 19.8. The summed E-state index contributed by atoms with van der Waals surface area (Å²) < 4.78 is 28.0. The number of rotatable bonds is 4. The third-order valence-corrected chi connectivity index (χ3v) is 8.12. The highest BCUT2D eigenvalue weighted by atomic mass is 79.9. The van der Waals surface area contributed by atoms with Crippen molar-refractivity contribution >= 4 is 54.0 Å². The maximum Gasteiger partial charge on any atom is 0.243 e. The van der Waals surface area contributed by atoms with Crippen LogP contribution < -0.4 is 4.90 Å². The van der Waals surface area contributed by atoms with Crippen LogP contribution in [-0.2, 0) is 10.0 Å². The quantitative estimate of drug-likeness (QED) is 0.521. The van der Waals surface area contributed by atoms with E-state index in [9.17, 15) is 8.42 Å². The van der Waals surface area contributed by atoms with Crippen molar-refractivity contribution in [2.24, 2.45) is 0 Å². The lowest BCUT2D eigenvalue weighted by molar-refractivity contribution is 0.385. The number of hydrogen-bond donors (Lipinski definition) is 0. The number of thiazole rings is 1. The lowest BCUT2D eigenvalue weighted by Gasteiger charge is -2.33. The number of sulfonamides is 1. The molecule has 0 bridgehead atoms. The molecule has 146 valence electrons. The summed E-state index contributed by atoms with van der Waals surface area (Å²) in [6.45, 7) is 2.09. The van der Waals surface area contributed by atoms with Crippen LogP contribution in [0.1, 0.15) is 0 Å². The molecule has 1 aliphatic heterocycles. The standard InChI is InChI=1S/C19H17BrClN3O2S2/c20-15-2-1-3-17(12-15)28(25,26)24-10-8-23(9-11-24)19-22-18(13-27-19)14-4-6-16(21)7-5-14/h1-7,12-13H,8-11H2. The van der Waals surface area contributed by atoms with Gasteiger partial charge in [0.1, 0.15) is 0 Å². The fourth-order valence-electron chi connectivity index (χ4n) is 3.06. The predicted molar refractivity (Wildman–Crippen MR) is 118 cm³/mol. The number of hydrogen-bond acceptors (Lipinski definition) is 5. The maximum absolute atomic E-state index is 12.9. The van der Waals surface area contributed by atoms with Gasteiger partial charge in [0.2, 0.25) is 10.0 Å². The highest BCUT2D eigenvalue weighted by molar-refractivity contribution is 9.10. The number of halogens is 2. The minimum Gasteiger partial charge on any atom is -0.345 e. The van der Waals surface area contributed by atoms with E-state index in [4.69, 9.17) is 16.6 Å². The molecule has 2 aromatic carbocycles. The minimum absolute atomic E-state index is 0.314. The Labute approximate surface area is 181 Å². The molecule has 2 heterocycles. The van der Waals surface area contributed by atoms with Crippen molar-refractivity contribution < 1.29 is 8.42 Å². The Balaban J connectivity index is 1.45. The Kier molecular flexibility index (Phi) is 5.76. The molecule has 4 rings (SSSR count). The summed E-state index contributed by atoms with van der Waals surface area (Å²) in [6, 6.07) is 14.4. The molecule has 1 aliphatic rings. The average molecular weight is 499 g/mol. The molecule has 0 amide bonds. The topological polar surface area (TPSA) is 53.5 Å². The lowest BCUT2D eigenvalue weighted by atomic mass is 10.2. The van der Waals surface area contributed by atoms with Gasteiger partial charge in [-0.2, -0.15) is 4.31 Å². The summed E-state index contributed by atoms with van der Waals surface area (Å²) in [5, 5.41) is 3.62. The van der Waals surface area contributed by atoms with E-state index in [0.29, 0.717) is 36.1 Å². The van der Waals surface area contributed by atoms with E-state index in [1.54, 1.807) is 33.8 Å². The fourth-order valence-corrected chi connectivity index (χ4v) is 6.09. The van der Waals surface area contributed by atoms with Gasteiger partial charge < -0.3 is 4.90 Å². The average Bonchev–Trinajstić information content (AvgIpc) is 3.19. The van der Waals surface area contributed by atoms with Gasteiger partial charge in [-0.3, -0.25) is 0 Å². The van der Waals surface area contributed by atoms with Gasteiger partial charge in [0.25, 0.3) is 0 Å². The summed E-state index contributed by atoms with van der Waals surface area (Å²) in [6.07, 6.45) is 0. The zero-order valence-corrected chi connectivity index (χ0v) is 18.7. The molecule has 3 aromatic rings. The molecule has 0 atom stereocenters. The number of benzene rings is 2. The first-order valence-corrected chi connectivity index (χ1v) is 12.1. The Morgan fingerprint density at radius 1 is 1.04 bits per heavy atom. The molecule has 0 saturated carbocycles. The molecular formula is C19H17BrClN3O2S2. The second kappa shape index (κ2) is 8.12. The van der Waals surface area contributed by atoms with Crippen LogP contribution in [0.15, 0.2) is 63.3 Å². The van der Waals surface area contributed by atoms with Gasteiger partial charge in [0.15, 0.2) is 5.13 Å². The Morgan fingerprint density at radius 3 is 2.43 bits per heavy atom. The molecule has 0 spiro atoms. The van der Waals surface area contributed by atoms with Gasteiger partial charge in [-0.05, 0) is 30.3 Å². The second-order valence-corrected chi connectivity index (χ2v) is 10.5. The van der Waals surface area contributed by atoms with Crippen molar-refractivity contribution in [3.63, 3.8) is 0 Å². The maximum atomic E-state index is 12.9. The number of piperazine rings is 1. The van der Waals surface area contributed by atoms with E-state index in [1.165, 1.54) is 0 Å². The van der Waals surface area contributed by atoms with Crippen molar-refractivity contribution in [2.75, 3.05) is 31.1 Å². The van der Waals surface area contributed by atoms with E-state index >= 15 is 0 Å². The molecule has 1 fully saturated rings. The fraction of sp³-hybridized carbons (Fsp3) is 0.211. The Bertz CT molecular complexity index is 1080. The van der Waals surface area contributed by atoms with Crippen LogP contribution in [0.4, 0.5) is 5.13 Å². The SMILES string of the molecule is O=S(=O)(c1cccc(Br)c1)N1CCN(c2nc(-c3ccc(Cl)cc3)cs2)CC1. The van der Waals surface area contributed by atoms with Gasteiger partial charge in [0, 0.05) is 46.6 Å². The minimum atomic E-state index is -3.48. The van der Waals surface area contributed by atoms with E-state index < -0.39 is 10.0 Å². The van der Waals surface area contributed by atoms with Crippen molar-refractivity contribution in [3.05, 3.63) is 63.4 Å². The van der Waals surface area contributed by atoms with E-state index in [-0.39, 0.29) is 0 Å². The van der Waals surface area contributed by atoms with Crippen molar-refractivity contribution in [1.29, 1.82) is 0 Å². The summed E-state index contributed by atoms with van der Waals surface area (Å²) >= 11 is 10.9. The highest BCUT2D eigenvalue weighted by Crippen LogP contribution is 2.29. The predicted octanol–water partition coefficient (Wildman–Crippen LogP) is 4.74. The van der Waals surface area contributed by atoms with Gasteiger partial charge in [-0.1, -0.05) is 45.7 Å². The molecule has 5 nitrogen and oxygen atoms in total. The molecule has 0 radical (unpaired) electrons. The van der Waals surface area contributed by atoms with Crippen molar-refractivity contribution in [1.82, 2.24) is 9.29 Å². The Morgan fingerprint density at radius 2 is 1.75 bits per heavy atom. The van der Waals surface area contributed by atoms with Crippen LogP contribution >= 0.6 is 38.9 Å². The first-order valence-electron chi connectivity index (χ1n) is 8.65. The first-order chi connectivity index (χ1) is 13.4. The van der Waals surface area contributed by atoms with Crippen molar-refractivity contribution in [2.45, 2.75) is 4.90 Å². The monoisotopic (exact) mass is 497 g/mol. The molecule has 9 heteroatoms. The zero-order valence-electron chi connectivity index (χ0n) is 14.8. The van der Waals surface area contributed by atoms with Crippen LogP contribution in [0, 0.1) is 0 Å².